The molecule has 0 unspecified atom stereocenters. The molecule has 3 rings (SSSR count). The zero-order valence-corrected chi connectivity index (χ0v) is 18.8. The Morgan fingerprint density at radius 3 is 2.39 bits per heavy atom. The highest BCUT2D eigenvalue weighted by molar-refractivity contribution is 7.98. The number of halogens is 1. The molecule has 0 saturated heterocycles. The van der Waals surface area contributed by atoms with E-state index in [2.05, 4.69) is 5.32 Å². The summed E-state index contributed by atoms with van der Waals surface area (Å²) in [6, 6.07) is 19.2. The SMILES string of the molecule is CSc1ccc(S(=O)(=O)N(CC(=O)NCc2ccccc2C)c2cccc(F)c2)cc1. The van der Waals surface area contributed by atoms with Gasteiger partial charge in [-0.05, 0) is 66.8 Å². The van der Waals surface area contributed by atoms with Crippen LogP contribution in [0.5, 0.6) is 0 Å². The van der Waals surface area contributed by atoms with Gasteiger partial charge in [-0.2, -0.15) is 0 Å². The number of thioether (sulfide) groups is 1. The highest BCUT2D eigenvalue weighted by Crippen LogP contribution is 2.26. The molecule has 0 bridgehead atoms. The van der Waals surface area contributed by atoms with Gasteiger partial charge in [0.1, 0.15) is 12.4 Å². The Morgan fingerprint density at radius 2 is 1.74 bits per heavy atom. The summed E-state index contributed by atoms with van der Waals surface area (Å²) in [6.45, 7) is 1.73. The van der Waals surface area contributed by atoms with Gasteiger partial charge in [0.2, 0.25) is 5.91 Å². The molecule has 1 N–H and O–H groups in total. The summed E-state index contributed by atoms with van der Waals surface area (Å²) in [4.78, 5) is 13.6. The summed E-state index contributed by atoms with van der Waals surface area (Å²) in [5, 5.41) is 2.75. The number of hydrogen-bond acceptors (Lipinski definition) is 4. The number of amides is 1. The Morgan fingerprint density at radius 1 is 1.03 bits per heavy atom. The first kappa shape index (κ1) is 22.8. The molecule has 0 aliphatic rings. The van der Waals surface area contributed by atoms with E-state index in [4.69, 9.17) is 0 Å². The molecule has 0 fully saturated rings. The van der Waals surface area contributed by atoms with Gasteiger partial charge in [0.05, 0.1) is 10.6 Å². The number of anilines is 1. The number of carbonyl (C=O) groups excluding carboxylic acids is 1. The van der Waals surface area contributed by atoms with Crippen LogP contribution in [0.25, 0.3) is 0 Å². The third-order valence-corrected chi connectivity index (χ3v) is 7.30. The molecule has 3 aromatic rings. The van der Waals surface area contributed by atoms with Crippen molar-refractivity contribution < 1.29 is 17.6 Å². The summed E-state index contributed by atoms with van der Waals surface area (Å²) in [6.07, 6.45) is 1.89. The van der Waals surface area contributed by atoms with E-state index in [1.54, 1.807) is 12.1 Å². The molecular formula is C23H23FN2O3S2. The lowest BCUT2D eigenvalue weighted by atomic mass is 10.1. The summed E-state index contributed by atoms with van der Waals surface area (Å²) >= 11 is 1.49. The van der Waals surface area contributed by atoms with Crippen LogP contribution in [0.15, 0.2) is 82.6 Å². The number of hydrogen-bond donors (Lipinski definition) is 1. The predicted octanol–water partition coefficient (Wildman–Crippen LogP) is 4.37. The third kappa shape index (κ3) is 5.65. The molecule has 8 heteroatoms. The number of nitrogens with one attached hydrogen (secondary N) is 1. The number of benzene rings is 3. The van der Waals surface area contributed by atoms with E-state index in [9.17, 15) is 17.6 Å². The minimum absolute atomic E-state index is 0.0289. The van der Waals surface area contributed by atoms with E-state index in [0.717, 1.165) is 26.4 Å². The Bertz CT molecular complexity index is 1170. The number of sulfonamides is 1. The molecule has 1 amide bonds. The van der Waals surface area contributed by atoms with Gasteiger partial charge in [-0.25, -0.2) is 12.8 Å². The van der Waals surface area contributed by atoms with E-state index >= 15 is 0 Å². The molecule has 0 spiro atoms. The third-order valence-electron chi connectivity index (χ3n) is 4.77. The van der Waals surface area contributed by atoms with Gasteiger partial charge in [-0.15, -0.1) is 11.8 Å². The van der Waals surface area contributed by atoms with Crippen molar-refractivity contribution in [1.29, 1.82) is 0 Å². The number of aryl methyl sites for hydroxylation is 1. The highest BCUT2D eigenvalue weighted by Gasteiger charge is 2.27. The first-order valence-electron chi connectivity index (χ1n) is 9.55. The second-order valence-corrected chi connectivity index (χ2v) is 9.61. The van der Waals surface area contributed by atoms with E-state index in [1.165, 1.54) is 42.1 Å². The van der Waals surface area contributed by atoms with Crippen molar-refractivity contribution in [2.45, 2.75) is 23.3 Å². The maximum Gasteiger partial charge on any atom is 0.264 e. The molecule has 0 atom stereocenters. The number of rotatable bonds is 8. The van der Waals surface area contributed by atoms with Gasteiger partial charge in [-0.3, -0.25) is 9.10 Å². The van der Waals surface area contributed by atoms with Crippen LogP contribution in [-0.2, 0) is 21.4 Å². The van der Waals surface area contributed by atoms with E-state index in [0.29, 0.717) is 0 Å². The van der Waals surface area contributed by atoms with Crippen molar-refractivity contribution in [3.63, 3.8) is 0 Å². The van der Waals surface area contributed by atoms with Crippen molar-refractivity contribution in [3.8, 4) is 0 Å². The zero-order chi connectivity index (χ0) is 22.4. The van der Waals surface area contributed by atoms with Crippen LogP contribution < -0.4 is 9.62 Å². The van der Waals surface area contributed by atoms with Gasteiger partial charge in [0.25, 0.3) is 10.0 Å². The molecule has 3 aromatic carbocycles. The molecule has 31 heavy (non-hydrogen) atoms. The second-order valence-electron chi connectivity index (χ2n) is 6.87. The van der Waals surface area contributed by atoms with Gasteiger partial charge in [0.15, 0.2) is 0 Å². The average molecular weight is 459 g/mol. The van der Waals surface area contributed by atoms with Crippen molar-refractivity contribution in [2.24, 2.45) is 0 Å². The van der Waals surface area contributed by atoms with Crippen molar-refractivity contribution >= 4 is 33.4 Å². The monoisotopic (exact) mass is 458 g/mol. The van der Waals surface area contributed by atoms with Crippen LogP contribution in [-0.4, -0.2) is 27.1 Å². The standard InChI is InChI=1S/C23H23FN2O3S2/c1-17-6-3-4-7-18(17)15-25-23(27)16-26(20-9-5-8-19(24)14-20)31(28,29)22-12-10-21(30-2)11-13-22/h3-14H,15-16H2,1-2H3,(H,25,27). The van der Waals surface area contributed by atoms with Crippen LogP contribution in [0, 0.1) is 12.7 Å². The molecule has 0 aliphatic carbocycles. The van der Waals surface area contributed by atoms with Crippen molar-refractivity contribution in [2.75, 3.05) is 17.1 Å². The van der Waals surface area contributed by atoms with Crippen molar-refractivity contribution in [3.05, 3.63) is 89.7 Å². The lowest BCUT2D eigenvalue weighted by molar-refractivity contribution is -0.119. The normalized spacial score (nSPS) is 11.2. The van der Waals surface area contributed by atoms with Crippen LogP contribution >= 0.6 is 11.8 Å². The topological polar surface area (TPSA) is 66.5 Å². The fraction of sp³-hybridized carbons (Fsp3) is 0.174. The highest BCUT2D eigenvalue weighted by atomic mass is 32.2. The van der Waals surface area contributed by atoms with Crippen LogP contribution in [0.3, 0.4) is 0 Å². The number of nitrogens with zero attached hydrogens (tertiary/aromatic N) is 1. The van der Waals surface area contributed by atoms with Gasteiger partial charge in [0, 0.05) is 11.4 Å². The Kier molecular flexibility index (Phi) is 7.35. The molecule has 0 radical (unpaired) electrons. The van der Waals surface area contributed by atoms with Gasteiger partial charge in [-0.1, -0.05) is 30.3 Å². The van der Waals surface area contributed by atoms with E-state index in [1.807, 2.05) is 37.4 Å². The molecule has 0 heterocycles. The van der Waals surface area contributed by atoms with Gasteiger partial charge < -0.3 is 5.32 Å². The zero-order valence-electron chi connectivity index (χ0n) is 17.2. The lowest BCUT2D eigenvalue weighted by Gasteiger charge is -2.24. The summed E-state index contributed by atoms with van der Waals surface area (Å²) in [5.41, 5.74) is 2.04. The first-order chi connectivity index (χ1) is 14.8. The fourth-order valence-corrected chi connectivity index (χ4v) is 4.83. The van der Waals surface area contributed by atoms with Gasteiger partial charge >= 0.3 is 0 Å². The minimum atomic E-state index is -4.09. The van der Waals surface area contributed by atoms with Crippen LogP contribution in [0.4, 0.5) is 10.1 Å². The second kappa shape index (κ2) is 9.98. The summed E-state index contributed by atoms with van der Waals surface area (Å²) < 4.78 is 41.4. The Hall–Kier alpha value is -2.84. The Balaban J connectivity index is 1.87. The maximum absolute atomic E-state index is 13.8. The molecular weight excluding hydrogens is 435 g/mol. The molecule has 0 aromatic heterocycles. The van der Waals surface area contributed by atoms with Crippen molar-refractivity contribution in [1.82, 2.24) is 5.32 Å². The number of carbonyl (C=O) groups is 1. The summed E-state index contributed by atoms with van der Waals surface area (Å²) in [7, 11) is -4.09. The maximum atomic E-state index is 13.8. The van der Waals surface area contributed by atoms with E-state index < -0.39 is 28.3 Å². The van der Waals surface area contributed by atoms with E-state index in [-0.39, 0.29) is 17.1 Å². The average Bonchev–Trinajstić information content (AvgIpc) is 2.77. The van der Waals surface area contributed by atoms with Crippen LogP contribution in [0.2, 0.25) is 0 Å². The molecule has 162 valence electrons. The predicted molar refractivity (Wildman–Crippen MR) is 122 cm³/mol. The molecule has 0 aliphatic heterocycles. The summed E-state index contributed by atoms with van der Waals surface area (Å²) in [5.74, 6) is -1.08. The van der Waals surface area contributed by atoms with Crippen LogP contribution in [0.1, 0.15) is 11.1 Å². The largest absolute Gasteiger partial charge is 0.350 e. The quantitative estimate of drug-likeness (QED) is 0.509. The molecule has 0 saturated carbocycles. The Labute approximate surface area is 186 Å². The smallest absolute Gasteiger partial charge is 0.264 e. The molecule has 5 nitrogen and oxygen atoms in total. The lowest BCUT2D eigenvalue weighted by Crippen LogP contribution is -2.40. The minimum Gasteiger partial charge on any atom is -0.350 e. The fourth-order valence-electron chi connectivity index (χ4n) is 3.01. The first-order valence-corrected chi connectivity index (χ1v) is 12.2.